The molecule has 0 bridgehead atoms. The fourth-order valence-corrected chi connectivity index (χ4v) is 2.92. The summed E-state index contributed by atoms with van der Waals surface area (Å²) >= 11 is 1.56. The number of carbonyl (C=O) groups is 2. The van der Waals surface area contributed by atoms with Crippen LogP contribution in [0.2, 0.25) is 0 Å². The fraction of sp³-hybridized carbons (Fsp3) is 0.688. The predicted molar refractivity (Wildman–Crippen MR) is 112 cm³/mol. The van der Waals surface area contributed by atoms with Crippen molar-refractivity contribution in [1.82, 2.24) is 15.6 Å². The quantitative estimate of drug-likeness (QED) is 0.427. The van der Waals surface area contributed by atoms with E-state index in [2.05, 4.69) is 20.9 Å². The highest BCUT2D eigenvalue weighted by atomic mass is 35.5. The second-order valence-electron chi connectivity index (χ2n) is 5.96. The maximum absolute atomic E-state index is 12.2. The maximum Gasteiger partial charge on any atom is 0.242 e. The monoisotopic (exact) mass is 427 g/mol. The van der Waals surface area contributed by atoms with Gasteiger partial charge in [0, 0.05) is 19.0 Å². The average molecular weight is 428 g/mol. The van der Waals surface area contributed by atoms with Gasteiger partial charge in [0.05, 0.1) is 11.7 Å². The molecule has 5 N–H and O–H groups in total. The summed E-state index contributed by atoms with van der Waals surface area (Å²) < 4.78 is 0. The van der Waals surface area contributed by atoms with Crippen LogP contribution < -0.4 is 21.7 Å². The SMILES string of the molecule is CC[C@H](C)[C@H](NC(=O)[C@@H](N)CCCNc1nc(C)cs1)C(=O)NC.Cl.Cl. The number of thiazole rings is 1. The molecule has 1 heterocycles. The Morgan fingerprint density at radius 3 is 2.46 bits per heavy atom. The first-order valence-electron chi connectivity index (χ1n) is 8.32. The van der Waals surface area contributed by atoms with Crippen LogP contribution in [0.4, 0.5) is 5.13 Å². The van der Waals surface area contributed by atoms with E-state index in [1.165, 1.54) is 0 Å². The molecule has 152 valence electrons. The summed E-state index contributed by atoms with van der Waals surface area (Å²) in [5.41, 5.74) is 6.94. The Balaban J connectivity index is 0. The van der Waals surface area contributed by atoms with Crippen LogP contribution in [0, 0.1) is 12.8 Å². The van der Waals surface area contributed by atoms with Crippen LogP contribution in [0.1, 0.15) is 38.8 Å². The first-order valence-corrected chi connectivity index (χ1v) is 9.20. The molecule has 10 heteroatoms. The van der Waals surface area contributed by atoms with Crippen molar-refractivity contribution in [2.24, 2.45) is 11.7 Å². The lowest BCUT2D eigenvalue weighted by atomic mass is 9.97. The molecule has 0 spiro atoms. The van der Waals surface area contributed by atoms with Crippen molar-refractivity contribution in [1.29, 1.82) is 0 Å². The van der Waals surface area contributed by atoms with E-state index in [0.29, 0.717) is 13.0 Å². The van der Waals surface area contributed by atoms with Crippen LogP contribution in [-0.2, 0) is 9.59 Å². The van der Waals surface area contributed by atoms with Gasteiger partial charge in [-0.05, 0) is 25.7 Å². The number of nitrogens with two attached hydrogens (primary N) is 1. The van der Waals surface area contributed by atoms with Gasteiger partial charge in [0.15, 0.2) is 5.13 Å². The molecule has 0 saturated carbocycles. The second-order valence-corrected chi connectivity index (χ2v) is 6.81. The van der Waals surface area contributed by atoms with Gasteiger partial charge in [0.2, 0.25) is 11.8 Å². The lowest BCUT2D eigenvalue weighted by Gasteiger charge is -2.24. The molecular formula is C16H31Cl2N5O2S. The third-order valence-corrected chi connectivity index (χ3v) is 4.88. The molecule has 1 rings (SSSR count). The number of halogens is 2. The Bertz CT molecular complexity index is 544. The Hall–Kier alpha value is -1.09. The number of nitrogens with zero attached hydrogens (tertiary/aromatic N) is 1. The summed E-state index contributed by atoms with van der Waals surface area (Å²) in [6, 6.07) is -1.17. The molecule has 1 aromatic heterocycles. The zero-order valence-corrected chi connectivity index (χ0v) is 18.2. The molecule has 0 radical (unpaired) electrons. The number of hydrogen-bond donors (Lipinski definition) is 4. The number of hydrogen-bond acceptors (Lipinski definition) is 6. The minimum Gasteiger partial charge on any atom is -0.362 e. The highest BCUT2D eigenvalue weighted by Crippen LogP contribution is 2.14. The molecule has 0 aliphatic carbocycles. The van der Waals surface area contributed by atoms with E-state index < -0.39 is 12.1 Å². The van der Waals surface area contributed by atoms with Crippen molar-refractivity contribution in [2.45, 2.75) is 52.1 Å². The Morgan fingerprint density at radius 1 is 1.31 bits per heavy atom. The summed E-state index contributed by atoms with van der Waals surface area (Å²) in [5, 5.41) is 11.4. The summed E-state index contributed by atoms with van der Waals surface area (Å²) in [7, 11) is 1.57. The normalized spacial score (nSPS) is 13.4. The average Bonchev–Trinajstić information content (AvgIpc) is 2.99. The molecule has 0 aliphatic rings. The van der Waals surface area contributed by atoms with Crippen molar-refractivity contribution >= 4 is 53.1 Å². The number of rotatable bonds is 10. The molecule has 0 unspecified atom stereocenters. The number of carbonyl (C=O) groups excluding carboxylic acids is 2. The van der Waals surface area contributed by atoms with E-state index >= 15 is 0 Å². The number of amides is 2. The lowest BCUT2D eigenvalue weighted by molar-refractivity contribution is -0.130. The van der Waals surface area contributed by atoms with Crippen LogP contribution in [0.25, 0.3) is 0 Å². The van der Waals surface area contributed by atoms with Gasteiger partial charge in [-0.2, -0.15) is 0 Å². The summed E-state index contributed by atoms with van der Waals surface area (Å²) in [6.07, 6.45) is 2.09. The molecule has 0 fully saturated rings. The van der Waals surface area contributed by atoms with E-state index in [1.807, 2.05) is 26.2 Å². The van der Waals surface area contributed by atoms with Gasteiger partial charge in [0.1, 0.15) is 6.04 Å². The summed E-state index contributed by atoms with van der Waals surface area (Å²) in [6.45, 7) is 6.57. The van der Waals surface area contributed by atoms with E-state index in [9.17, 15) is 9.59 Å². The van der Waals surface area contributed by atoms with E-state index in [4.69, 9.17) is 5.73 Å². The zero-order chi connectivity index (χ0) is 18.1. The van der Waals surface area contributed by atoms with Crippen LogP contribution in [0.3, 0.4) is 0 Å². The van der Waals surface area contributed by atoms with Crippen molar-refractivity contribution < 1.29 is 9.59 Å². The van der Waals surface area contributed by atoms with Gasteiger partial charge in [-0.1, -0.05) is 20.3 Å². The molecule has 0 saturated heterocycles. The lowest BCUT2D eigenvalue weighted by Crippen LogP contribution is -2.53. The van der Waals surface area contributed by atoms with Crippen molar-refractivity contribution in [2.75, 3.05) is 18.9 Å². The van der Waals surface area contributed by atoms with Crippen LogP contribution in [0.5, 0.6) is 0 Å². The summed E-state index contributed by atoms with van der Waals surface area (Å²) in [4.78, 5) is 28.4. The third kappa shape index (κ3) is 9.02. The molecule has 7 nitrogen and oxygen atoms in total. The number of anilines is 1. The Kier molecular flexibility index (Phi) is 14.6. The number of likely N-dealkylation sites (N-methyl/N-ethyl adjacent to an activating group) is 1. The maximum atomic E-state index is 12.2. The summed E-state index contributed by atoms with van der Waals surface area (Å²) in [5.74, 6) is -0.421. The molecule has 3 atom stereocenters. The highest BCUT2D eigenvalue weighted by molar-refractivity contribution is 7.13. The smallest absolute Gasteiger partial charge is 0.242 e. The zero-order valence-electron chi connectivity index (χ0n) is 15.7. The van der Waals surface area contributed by atoms with E-state index in [0.717, 1.165) is 23.7 Å². The molecule has 0 aromatic carbocycles. The first kappa shape index (κ1) is 27.1. The Labute approximate surface area is 172 Å². The van der Waals surface area contributed by atoms with Crippen molar-refractivity contribution in [3.63, 3.8) is 0 Å². The van der Waals surface area contributed by atoms with Gasteiger partial charge >= 0.3 is 0 Å². The van der Waals surface area contributed by atoms with Gasteiger partial charge in [-0.15, -0.1) is 36.2 Å². The Morgan fingerprint density at radius 2 is 1.96 bits per heavy atom. The van der Waals surface area contributed by atoms with Gasteiger partial charge in [0.25, 0.3) is 0 Å². The number of aryl methyl sites for hydroxylation is 1. The minimum absolute atomic E-state index is 0. The van der Waals surface area contributed by atoms with Crippen LogP contribution in [0.15, 0.2) is 5.38 Å². The van der Waals surface area contributed by atoms with Crippen LogP contribution >= 0.6 is 36.2 Å². The third-order valence-electron chi connectivity index (χ3n) is 3.96. The standard InChI is InChI=1S/C16H29N5O2S.2ClH/c1-5-10(2)13(15(23)18-4)21-14(22)12(17)7-6-8-19-16-20-11(3)9-24-16;;/h9-10,12-13H,5-8,17H2,1-4H3,(H,18,23)(H,19,20)(H,21,22);2*1H/t10-,12-,13-;;/m0../s1. The van der Waals surface area contributed by atoms with Gasteiger partial charge in [-0.25, -0.2) is 4.98 Å². The first-order chi connectivity index (χ1) is 11.4. The predicted octanol–water partition coefficient (Wildman–Crippen LogP) is 2.09. The molecule has 0 aliphatic heterocycles. The van der Waals surface area contributed by atoms with Crippen LogP contribution in [-0.4, -0.2) is 42.5 Å². The second kappa shape index (κ2) is 14.0. The van der Waals surface area contributed by atoms with E-state index in [1.54, 1.807) is 18.4 Å². The van der Waals surface area contributed by atoms with Gasteiger partial charge < -0.3 is 21.7 Å². The topological polar surface area (TPSA) is 109 Å². The molecular weight excluding hydrogens is 397 g/mol. The highest BCUT2D eigenvalue weighted by Gasteiger charge is 2.26. The number of aromatic nitrogens is 1. The largest absolute Gasteiger partial charge is 0.362 e. The van der Waals surface area contributed by atoms with Crippen molar-refractivity contribution in [3.05, 3.63) is 11.1 Å². The molecule has 26 heavy (non-hydrogen) atoms. The van der Waals surface area contributed by atoms with Crippen molar-refractivity contribution in [3.8, 4) is 0 Å². The minimum atomic E-state index is -0.624. The molecule has 2 amide bonds. The molecule has 1 aromatic rings. The number of nitrogens with one attached hydrogen (secondary N) is 3. The van der Waals surface area contributed by atoms with Gasteiger partial charge in [-0.3, -0.25) is 9.59 Å². The van der Waals surface area contributed by atoms with E-state index in [-0.39, 0.29) is 42.5 Å². The fourth-order valence-electron chi connectivity index (χ4n) is 2.20.